The average molecular weight is 249 g/mol. The number of rotatable bonds is 2. The number of hydrogen-bond acceptors (Lipinski definition) is 1. The molecule has 0 aliphatic rings. The molecule has 2 nitrogen and oxygen atoms in total. The Morgan fingerprint density at radius 1 is 1.14 bits per heavy atom. The zero-order valence-corrected chi connectivity index (χ0v) is 9.03. The lowest BCUT2D eigenvalue weighted by Crippen LogP contribution is -1.77. The summed E-state index contributed by atoms with van der Waals surface area (Å²) >= 11 is 3.38. The first-order chi connectivity index (χ1) is 6.84. The van der Waals surface area contributed by atoms with Crippen molar-refractivity contribution in [2.75, 3.05) is 0 Å². The van der Waals surface area contributed by atoms with Gasteiger partial charge in [0.15, 0.2) is 0 Å². The van der Waals surface area contributed by atoms with Gasteiger partial charge in [-0.1, -0.05) is 15.9 Å². The van der Waals surface area contributed by atoms with Gasteiger partial charge in [-0.25, -0.2) is 0 Å². The number of aromatic nitrogens is 1. The lowest BCUT2D eigenvalue weighted by Gasteiger charge is -1.92. The van der Waals surface area contributed by atoms with Gasteiger partial charge in [0.25, 0.3) is 0 Å². The van der Waals surface area contributed by atoms with Gasteiger partial charge in [-0.05, 0) is 36.4 Å². The highest BCUT2D eigenvalue weighted by atomic mass is 79.9. The van der Waals surface area contributed by atoms with E-state index in [-0.39, 0.29) is 0 Å². The summed E-state index contributed by atoms with van der Waals surface area (Å²) in [7, 11) is 0. The molecule has 0 radical (unpaired) electrons. The Bertz CT molecular complexity index is 415. The van der Waals surface area contributed by atoms with Crippen molar-refractivity contribution in [3.8, 4) is 0 Å². The Balaban J connectivity index is 2.15. The van der Waals surface area contributed by atoms with Gasteiger partial charge in [0.1, 0.15) is 0 Å². The Labute approximate surface area is 90.8 Å². The van der Waals surface area contributed by atoms with Crippen LogP contribution in [0.1, 0.15) is 5.69 Å². The average Bonchev–Trinajstić information content (AvgIpc) is 2.70. The SMILES string of the molecule is Brc1ccc(N=Cc2ccc[nH]2)cc1. The number of hydrogen-bond donors (Lipinski definition) is 1. The summed E-state index contributed by atoms with van der Waals surface area (Å²) in [6.45, 7) is 0. The molecule has 2 rings (SSSR count). The van der Waals surface area contributed by atoms with Crippen molar-refractivity contribution in [2.45, 2.75) is 0 Å². The molecule has 0 spiro atoms. The van der Waals surface area contributed by atoms with E-state index in [0.717, 1.165) is 15.9 Å². The Morgan fingerprint density at radius 2 is 1.93 bits per heavy atom. The fourth-order valence-corrected chi connectivity index (χ4v) is 1.36. The molecule has 0 amide bonds. The van der Waals surface area contributed by atoms with Gasteiger partial charge in [-0.2, -0.15) is 0 Å². The first-order valence-corrected chi connectivity index (χ1v) is 5.07. The van der Waals surface area contributed by atoms with E-state index in [1.807, 2.05) is 48.8 Å². The molecule has 3 heteroatoms. The summed E-state index contributed by atoms with van der Waals surface area (Å²) in [5, 5.41) is 0. The van der Waals surface area contributed by atoms with Crippen molar-refractivity contribution >= 4 is 27.8 Å². The summed E-state index contributed by atoms with van der Waals surface area (Å²) in [6.07, 6.45) is 3.69. The highest BCUT2D eigenvalue weighted by molar-refractivity contribution is 9.10. The van der Waals surface area contributed by atoms with Crippen molar-refractivity contribution in [3.63, 3.8) is 0 Å². The van der Waals surface area contributed by atoms with E-state index in [1.165, 1.54) is 0 Å². The fourth-order valence-electron chi connectivity index (χ4n) is 1.10. The predicted octanol–water partition coefficient (Wildman–Crippen LogP) is 3.53. The molecule has 2 aromatic rings. The number of H-pyrrole nitrogens is 1. The first-order valence-electron chi connectivity index (χ1n) is 4.27. The maximum Gasteiger partial charge on any atom is 0.0631 e. The fraction of sp³-hybridized carbons (Fsp3) is 0. The second kappa shape index (κ2) is 4.24. The lowest BCUT2D eigenvalue weighted by atomic mass is 10.3. The predicted molar refractivity (Wildman–Crippen MR) is 62.2 cm³/mol. The molecule has 1 aromatic carbocycles. The zero-order valence-electron chi connectivity index (χ0n) is 7.44. The molecule has 0 aliphatic carbocycles. The molecular weight excluding hydrogens is 240 g/mol. The molecule has 1 heterocycles. The van der Waals surface area contributed by atoms with Crippen LogP contribution in [0.4, 0.5) is 5.69 Å². The maximum absolute atomic E-state index is 4.31. The third-order valence-electron chi connectivity index (χ3n) is 1.80. The number of nitrogens with zero attached hydrogens (tertiary/aromatic N) is 1. The van der Waals surface area contributed by atoms with Crippen LogP contribution in [0.2, 0.25) is 0 Å². The Morgan fingerprint density at radius 3 is 2.57 bits per heavy atom. The molecule has 14 heavy (non-hydrogen) atoms. The number of nitrogens with one attached hydrogen (secondary N) is 1. The van der Waals surface area contributed by atoms with Crippen LogP contribution in [-0.2, 0) is 0 Å². The standard InChI is InChI=1S/C11H9BrN2/c12-9-3-5-10(6-4-9)14-8-11-2-1-7-13-11/h1-8,13H. The summed E-state index contributed by atoms with van der Waals surface area (Å²) in [4.78, 5) is 7.37. The molecule has 1 N–H and O–H groups in total. The molecule has 0 saturated heterocycles. The van der Waals surface area contributed by atoms with Crippen LogP contribution in [0.25, 0.3) is 0 Å². The van der Waals surface area contributed by atoms with Crippen LogP contribution in [0.15, 0.2) is 52.1 Å². The van der Waals surface area contributed by atoms with Gasteiger partial charge < -0.3 is 4.98 Å². The molecule has 1 aromatic heterocycles. The van der Waals surface area contributed by atoms with E-state index in [9.17, 15) is 0 Å². The summed E-state index contributed by atoms with van der Waals surface area (Å²) in [6, 6.07) is 11.8. The molecule has 70 valence electrons. The van der Waals surface area contributed by atoms with Crippen molar-refractivity contribution < 1.29 is 0 Å². The van der Waals surface area contributed by atoms with Crippen LogP contribution < -0.4 is 0 Å². The number of benzene rings is 1. The monoisotopic (exact) mass is 248 g/mol. The van der Waals surface area contributed by atoms with Crippen molar-refractivity contribution in [3.05, 3.63) is 52.8 Å². The van der Waals surface area contributed by atoms with E-state index >= 15 is 0 Å². The topological polar surface area (TPSA) is 28.1 Å². The van der Waals surface area contributed by atoms with E-state index in [2.05, 4.69) is 25.9 Å². The van der Waals surface area contributed by atoms with E-state index in [1.54, 1.807) is 0 Å². The van der Waals surface area contributed by atoms with E-state index in [0.29, 0.717) is 0 Å². The zero-order chi connectivity index (χ0) is 9.80. The quantitative estimate of drug-likeness (QED) is 0.788. The van der Waals surface area contributed by atoms with Gasteiger partial charge in [0.2, 0.25) is 0 Å². The maximum atomic E-state index is 4.31. The normalized spacial score (nSPS) is 10.9. The molecule has 0 atom stereocenters. The summed E-state index contributed by atoms with van der Waals surface area (Å²) in [5.74, 6) is 0. The van der Waals surface area contributed by atoms with Gasteiger partial charge >= 0.3 is 0 Å². The summed E-state index contributed by atoms with van der Waals surface area (Å²) in [5.41, 5.74) is 1.95. The Kier molecular flexibility index (Phi) is 2.79. The molecule has 0 aliphatic heterocycles. The number of halogens is 1. The minimum absolute atomic E-state index is 0.947. The third kappa shape index (κ3) is 2.33. The highest BCUT2D eigenvalue weighted by Gasteiger charge is 1.89. The highest BCUT2D eigenvalue weighted by Crippen LogP contribution is 2.16. The van der Waals surface area contributed by atoms with Crippen LogP contribution >= 0.6 is 15.9 Å². The van der Waals surface area contributed by atoms with Crippen molar-refractivity contribution in [1.29, 1.82) is 0 Å². The molecular formula is C11H9BrN2. The van der Waals surface area contributed by atoms with Gasteiger partial charge in [-0.3, -0.25) is 4.99 Å². The minimum atomic E-state index is 0.947. The smallest absolute Gasteiger partial charge is 0.0631 e. The van der Waals surface area contributed by atoms with Gasteiger partial charge in [-0.15, -0.1) is 0 Å². The van der Waals surface area contributed by atoms with E-state index in [4.69, 9.17) is 0 Å². The van der Waals surface area contributed by atoms with Crippen molar-refractivity contribution in [2.24, 2.45) is 4.99 Å². The lowest BCUT2D eigenvalue weighted by molar-refractivity contribution is 1.38. The molecule has 0 fully saturated rings. The second-order valence-corrected chi connectivity index (χ2v) is 3.78. The Hall–Kier alpha value is -1.35. The van der Waals surface area contributed by atoms with Gasteiger partial charge in [0, 0.05) is 10.7 Å². The largest absolute Gasteiger partial charge is 0.360 e. The van der Waals surface area contributed by atoms with Crippen LogP contribution in [0.5, 0.6) is 0 Å². The molecule has 0 bridgehead atoms. The van der Waals surface area contributed by atoms with Gasteiger partial charge in [0.05, 0.1) is 17.6 Å². The first kappa shape index (κ1) is 9.21. The van der Waals surface area contributed by atoms with Crippen LogP contribution in [0, 0.1) is 0 Å². The minimum Gasteiger partial charge on any atom is -0.360 e. The van der Waals surface area contributed by atoms with Crippen molar-refractivity contribution in [1.82, 2.24) is 4.98 Å². The number of aliphatic imine (C=N–C) groups is 1. The molecule has 0 saturated carbocycles. The summed E-state index contributed by atoms with van der Waals surface area (Å²) < 4.78 is 1.07. The second-order valence-electron chi connectivity index (χ2n) is 2.86. The third-order valence-corrected chi connectivity index (χ3v) is 2.33. The van der Waals surface area contributed by atoms with Crippen LogP contribution in [0.3, 0.4) is 0 Å². The van der Waals surface area contributed by atoms with E-state index < -0.39 is 0 Å². The molecule has 0 unspecified atom stereocenters. The van der Waals surface area contributed by atoms with Crippen LogP contribution in [-0.4, -0.2) is 11.2 Å². The number of aromatic amines is 1.